The molecule has 0 saturated heterocycles. The summed E-state index contributed by atoms with van der Waals surface area (Å²) in [6, 6.07) is 14.5. The molecular formula is C30H31N7O2. The molecule has 198 valence electrons. The van der Waals surface area contributed by atoms with Gasteiger partial charge in [-0.05, 0) is 56.7 Å². The van der Waals surface area contributed by atoms with Gasteiger partial charge in [-0.3, -0.25) is 28.8 Å². The number of fused-ring (bicyclic) bond motifs is 1. The Morgan fingerprint density at radius 3 is 2.77 bits per heavy atom. The Morgan fingerprint density at radius 2 is 1.97 bits per heavy atom. The van der Waals surface area contributed by atoms with Gasteiger partial charge < -0.3 is 10.3 Å². The van der Waals surface area contributed by atoms with E-state index in [9.17, 15) is 9.59 Å². The molecule has 0 bridgehead atoms. The second-order valence-electron chi connectivity index (χ2n) is 10.2. The van der Waals surface area contributed by atoms with Crippen LogP contribution in [0.4, 0.5) is 0 Å². The highest BCUT2D eigenvalue weighted by molar-refractivity contribution is 5.80. The lowest BCUT2D eigenvalue weighted by Gasteiger charge is -2.14. The average molecular weight is 522 g/mol. The highest BCUT2D eigenvalue weighted by atomic mass is 16.2. The molecule has 9 heteroatoms. The number of carbonyl (C=O) groups is 1. The van der Waals surface area contributed by atoms with E-state index in [0.717, 1.165) is 53.5 Å². The molecule has 2 N–H and O–H groups in total. The Kier molecular flexibility index (Phi) is 6.79. The maximum absolute atomic E-state index is 13.7. The van der Waals surface area contributed by atoms with E-state index in [2.05, 4.69) is 37.5 Å². The van der Waals surface area contributed by atoms with Gasteiger partial charge in [-0.25, -0.2) is 0 Å². The number of nitrogens with one attached hydrogen (secondary N) is 2. The number of nitrogens with zero attached hydrogens (tertiary/aromatic N) is 5. The van der Waals surface area contributed by atoms with Crippen molar-refractivity contribution in [1.29, 1.82) is 0 Å². The Balaban J connectivity index is 1.24. The predicted octanol–water partition coefficient (Wildman–Crippen LogP) is 4.12. The van der Waals surface area contributed by atoms with Gasteiger partial charge in [0.2, 0.25) is 5.91 Å². The number of pyridine rings is 1. The zero-order chi connectivity index (χ0) is 26.8. The van der Waals surface area contributed by atoms with Crippen LogP contribution in [0.5, 0.6) is 0 Å². The Morgan fingerprint density at radius 1 is 1.13 bits per heavy atom. The van der Waals surface area contributed by atoms with Gasteiger partial charge in [-0.1, -0.05) is 30.3 Å². The molecule has 1 amide bonds. The molecular weight excluding hydrogens is 490 g/mol. The van der Waals surface area contributed by atoms with Crippen LogP contribution in [0.25, 0.3) is 22.2 Å². The predicted molar refractivity (Wildman–Crippen MR) is 149 cm³/mol. The third kappa shape index (κ3) is 5.52. The first-order valence-electron chi connectivity index (χ1n) is 13.4. The number of amides is 1. The minimum Gasteiger partial charge on any atom is -0.357 e. The summed E-state index contributed by atoms with van der Waals surface area (Å²) in [5.41, 5.74) is 5.57. The highest BCUT2D eigenvalue weighted by Crippen LogP contribution is 2.36. The lowest BCUT2D eigenvalue weighted by Crippen LogP contribution is -2.34. The zero-order valence-corrected chi connectivity index (χ0v) is 21.9. The van der Waals surface area contributed by atoms with Crippen molar-refractivity contribution in [2.24, 2.45) is 0 Å². The number of hydrogen-bond acceptors (Lipinski definition) is 5. The van der Waals surface area contributed by atoms with Gasteiger partial charge in [0.25, 0.3) is 5.56 Å². The molecule has 4 aromatic heterocycles. The summed E-state index contributed by atoms with van der Waals surface area (Å²) < 4.78 is 3.52. The maximum Gasteiger partial charge on any atom is 0.273 e. The van der Waals surface area contributed by atoms with Gasteiger partial charge in [-0.15, -0.1) is 0 Å². The molecule has 6 rings (SSSR count). The molecule has 1 aliphatic rings. The van der Waals surface area contributed by atoms with Gasteiger partial charge in [-0.2, -0.15) is 5.10 Å². The molecule has 1 aromatic carbocycles. The van der Waals surface area contributed by atoms with Gasteiger partial charge in [0.15, 0.2) is 0 Å². The first kappa shape index (κ1) is 24.8. The standard InChI is InChI=1S/C30H31N7O2/c1-20-25(18-37(35-20)24-10-11-24)28-17-32-27(9-5-8-21-6-3-2-4-7-21)30(39)36(28)19-29(38)33-16-23-14-22-15-31-13-12-26(22)34-23/h2-4,6-7,12-15,17-18,24,34H,5,8-11,16,19H2,1H3,(H,33,38). The van der Waals surface area contributed by atoms with E-state index in [1.165, 1.54) is 5.56 Å². The fourth-order valence-electron chi connectivity index (χ4n) is 4.96. The van der Waals surface area contributed by atoms with E-state index < -0.39 is 0 Å². The molecule has 0 radical (unpaired) electrons. The van der Waals surface area contributed by atoms with E-state index >= 15 is 0 Å². The van der Waals surface area contributed by atoms with Crippen molar-refractivity contribution in [2.75, 3.05) is 0 Å². The van der Waals surface area contributed by atoms with E-state index in [4.69, 9.17) is 0 Å². The minimum atomic E-state index is -0.246. The molecule has 4 heterocycles. The maximum atomic E-state index is 13.7. The quantitative estimate of drug-likeness (QED) is 0.287. The summed E-state index contributed by atoms with van der Waals surface area (Å²) in [5.74, 6) is -0.246. The molecule has 39 heavy (non-hydrogen) atoms. The number of carbonyl (C=O) groups excluding carboxylic acids is 1. The summed E-state index contributed by atoms with van der Waals surface area (Å²) in [6.07, 6.45) is 11.6. The van der Waals surface area contributed by atoms with Crippen LogP contribution in [0.1, 0.15) is 47.9 Å². The number of benzene rings is 1. The number of hydrogen-bond donors (Lipinski definition) is 2. The van der Waals surface area contributed by atoms with E-state index in [0.29, 0.717) is 30.4 Å². The van der Waals surface area contributed by atoms with Crippen molar-refractivity contribution >= 4 is 16.8 Å². The van der Waals surface area contributed by atoms with Gasteiger partial charge in [0.05, 0.1) is 30.2 Å². The number of aromatic amines is 1. The van der Waals surface area contributed by atoms with Crippen LogP contribution in [0, 0.1) is 6.92 Å². The van der Waals surface area contributed by atoms with Gasteiger partial charge in [0.1, 0.15) is 12.2 Å². The van der Waals surface area contributed by atoms with E-state index in [-0.39, 0.29) is 18.0 Å². The third-order valence-electron chi connectivity index (χ3n) is 7.22. The largest absolute Gasteiger partial charge is 0.357 e. The first-order chi connectivity index (χ1) is 19.0. The minimum absolute atomic E-state index is 0.0990. The molecule has 0 unspecified atom stereocenters. The van der Waals surface area contributed by atoms with Crippen LogP contribution in [-0.2, 0) is 30.7 Å². The van der Waals surface area contributed by atoms with Crippen LogP contribution < -0.4 is 10.9 Å². The smallest absolute Gasteiger partial charge is 0.273 e. The number of H-pyrrole nitrogens is 1. The average Bonchev–Trinajstić information content (AvgIpc) is 3.60. The van der Waals surface area contributed by atoms with E-state index in [1.54, 1.807) is 23.2 Å². The van der Waals surface area contributed by atoms with Crippen molar-refractivity contribution in [3.05, 3.63) is 100 Å². The summed E-state index contributed by atoms with van der Waals surface area (Å²) in [7, 11) is 0. The molecule has 5 aromatic rings. The molecule has 0 atom stereocenters. The van der Waals surface area contributed by atoms with Crippen LogP contribution >= 0.6 is 0 Å². The van der Waals surface area contributed by atoms with Crippen LogP contribution in [0.15, 0.2) is 72.0 Å². The Hall–Kier alpha value is -4.53. The highest BCUT2D eigenvalue weighted by Gasteiger charge is 2.26. The Labute approximate surface area is 225 Å². The van der Waals surface area contributed by atoms with Crippen LogP contribution in [0.3, 0.4) is 0 Å². The molecule has 0 aliphatic heterocycles. The summed E-state index contributed by atoms with van der Waals surface area (Å²) in [5, 5.41) is 8.60. The fraction of sp³-hybridized carbons (Fsp3) is 0.300. The second-order valence-corrected chi connectivity index (χ2v) is 10.2. The van der Waals surface area contributed by atoms with Crippen molar-refractivity contribution in [2.45, 2.75) is 58.2 Å². The van der Waals surface area contributed by atoms with Crippen molar-refractivity contribution in [1.82, 2.24) is 34.6 Å². The first-order valence-corrected chi connectivity index (χ1v) is 13.4. The number of aromatic nitrogens is 6. The van der Waals surface area contributed by atoms with E-state index in [1.807, 2.05) is 48.1 Å². The number of rotatable bonds is 10. The van der Waals surface area contributed by atoms with Crippen molar-refractivity contribution < 1.29 is 4.79 Å². The van der Waals surface area contributed by atoms with Crippen LogP contribution in [-0.4, -0.2) is 35.2 Å². The third-order valence-corrected chi connectivity index (χ3v) is 7.22. The van der Waals surface area contributed by atoms with Crippen LogP contribution in [0.2, 0.25) is 0 Å². The summed E-state index contributed by atoms with van der Waals surface area (Å²) in [6.45, 7) is 2.16. The monoisotopic (exact) mass is 521 g/mol. The summed E-state index contributed by atoms with van der Waals surface area (Å²) in [4.78, 5) is 38.8. The molecule has 1 saturated carbocycles. The van der Waals surface area contributed by atoms with Gasteiger partial charge >= 0.3 is 0 Å². The fourth-order valence-corrected chi connectivity index (χ4v) is 4.96. The second kappa shape index (κ2) is 10.7. The topological polar surface area (TPSA) is 110 Å². The van der Waals surface area contributed by atoms with Gasteiger partial charge in [0, 0.05) is 40.8 Å². The number of aryl methyl sites for hydroxylation is 3. The lowest BCUT2D eigenvalue weighted by atomic mass is 10.1. The van der Waals surface area contributed by atoms with Crippen molar-refractivity contribution in [3.8, 4) is 11.3 Å². The Bertz CT molecular complexity index is 1650. The lowest BCUT2D eigenvalue weighted by molar-refractivity contribution is -0.121. The molecule has 1 aliphatic carbocycles. The SMILES string of the molecule is Cc1nn(C2CC2)cc1-c1cnc(CCCc2ccccc2)c(=O)n1CC(=O)NCc1cc2cnccc2[nH]1. The van der Waals surface area contributed by atoms with Crippen molar-refractivity contribution in [3.63, 3.8) is 0 Å². The zero-order valence-electron chi connectivity index (χ0n) is 21.9. The summed E-state index contributed by atoms with van der Waals surface area (Å²) >= 11 is 0. The normalized spacial score (nSPS) is 13.2. The molecule has 9 nitrogen and oxygen atoms in total. The molecule has 0 spiro atoms. The molecule has 1 fully saturated rings.